The first-order valence-corrected chi connectivity index (χ1v) is 6.10. The molecule has 0 atom stereocenters. The van der Waals surface area contributed by atoms with Gasteiger partial charge in [0.25, 0.3) is 5.91 Å². The quantitative estimate of drug-likeness (QED) is 0.643. The third-order valence-electron chi connectivity index (χ3n) is 2.66. The number of methoxy groups -OCH3 is 1. The molecule has 7 heteroatoms. The van der Waals surface area contributed by atoms with E-state index in [1.807, 2.05) is 0 Å². The van der Waals surface area contributed by atoms with Crippen molar-refractivity contribution in [3.8, 4) is 11.5 Å². The number of benzene rings is 1. The number of rotatable bonds is 2. The average molecular weight is 299 g/mol. The van der Waals surface area contributed by atoms with Crippen molar-refractivity contribution in [2.75, 3.05) is 14.2 Å². The van der Waals surface area contributed by atoms with Gasteiger partial charge in [0, 0.05) is 7.05 Å². The molecular formula is C12H11ClN2O3S. The smallest absolute Gasteiger partial charge is 0.276 e. The molecule has 19 heavy (non-hydrogen) atoms. The van der Waals surface area contributed by atoms with E-state index in [-0.39, 0.29) is 22.4 Å². The van der Waals surface area contributed by atoms with Crippen LogP contribution in [0.3, 0.4) is 0 Å². The Bertz CT molecular complexity index is 601. The lowest BCUT2D eigenvalue weighted by Gasteiger charge is -2.06. The second-order valence-electron chi connectivity index (χ2n) is 3.91. The topological polar surface area (TPSA) is 61.8 Å². The summed E-state index contributed by atoms with van der Waals surface area (Å²) in [4.78, 5) is 13.2. The summed E-state index contributed by atoms with van der Waals surface area (Å²) in [6.07, 6.45) is 1.59. The number of nitrogens with zero attached hydrogens (tertiary/aromatic N) is 1. The average Bonchev–Trinajstić information content (AvgIpc) is 2.61. The zero-order valence-electron chi connectivity index (χ0n) is 10.2. The number of hydrogen-bond donors (Lipinski definition) is 2. The number of nitrogens with one attached hydrogen (secondary N) is 1. The van der Waals surface area contributed by atoms with Crippen LogP contribution >= 0.6 is 23.8 Å². The maximum absolute atomic E-state index is 11.8. The molecule has 1 fully saturated rings. The molecule has 0 unspecified atom stereocenters. The number of thiocarbonyl (C=S) groups is 1. The number of likely N-dealkylation sites (N-methyl/N-ethyl adjacent to an activating group) is 1. The van der Waals surface area contributed by atoms with Gasteiger partial charge in [0.1, 0.15) is 5.70 Å². The number of amides is 1. The molecule has 0 aliphatic carbocycles. The summed E-state index contributed by atoms with van der Waals surface area (Å²) in [6, 6.07) is 3.10. The standard InChI is InChI=1S/C12H11ClN2O3S/c1-15-11(17)8(14-12(15)19)4-6-3-7(13)10(16)9(5-6)18-2/h3-5,16H,1-2H3,(H,14,19)/b8-4+. The van der Waals surface area contributed by atoms with Gasteiger partial charge >= 0.3 is 0 Å². The van der Waals surface area contributed by atoms with E-state index in [1.165, 1.54) is 18.1 Å². The van der Waals surface area contributed by atoms with Crippen LogP contribution in [0.1, 0.15) is 5.56 Å². The second-order valence-corrected chi connectivity index (χ2v) is 4.70. The summed E-state index contributed by atoms with van der Waals surface area (Å²) >= 11 is 10.8. The molecule has 1 aromatic rings. The van der Waals surface area contributed by atoms with Crippen molar-refractivity contribution in [2.24, 2.45) is 0 Å². The van der Waals surface area contributed by atoms with Crippen LogP contribution in [0.5, 0.6) is 11.5 Å². The van der Waals surface area contributed by atoms with Gasteiger partial charge in [-0.1, -0.05) is 11.6 Å². The summed E-state index contributed by atoms with van der Waals surface area (Å²) in [5.41, 5.74) is 0.963. The number of halogens is 1. The molecular weight excluding hydrogens is 288 g/mol. The van der Waals surface area contributed by atoms with Gasteiger partial charge in [-0.3, -0.25) is 9.69 Å². The number of ether oxygens (including phenoxy) is 1. The molecule has 2 N–H and O–H groups in total. The van der Waals surface area contributed by atoms with E-state index in [9.17, 15) is 9.90 Å². The third-order valence-corrected chi connectivity index (χ3v) is 3.33. The van der Waals surface area contributed by atoms with Crippen LogP contribution in [0.15, 0.2) is 17.8 Å². The van der Waals surface area contributed by atoms with Crippen LogP contribution in [0.25, 0.3) is 6.08 Å². The molecule has 1 aliphatic rings. The zero-order valence-corrected chi connectivity index (χ0v) is 11.8. The minimum Gasteiger partial charge on any atom is -0.503 e. The molecule has 0 aromatic heterocycles. The number of carbonyl (C=O) groups excluding carboxylic acids is 1. The Morgan fingerprint density at radius 3 is 2.74 bits per heavy atom. The first-order chi connectivity index (χ1) is 8.93. The predicted molar refractivity (Wildman–Crippen MR) is 76.1 cm³/mol. The Morgan fingerprint density at radius 1 is 1.53 bits per heavy atom. The highest BCUT2D eigenvalue weighted by Crippen LogP contribution is 2.35. The third kappa shape index (κ3) is 2.50. The molecule has 5 nitrogen and oxygen atoms in total. The van der Waals surface area contributed by atoms with E-state index in [0.717, 1.165) is 0 Å². The van der Waals surface area contributed by atoms with Crippen molar-refractivity contribution in [1.82, 2.24) is 10.2 Å². The van der Waals surface area contributed by atoms with Gasteiger partial charge in [-0.2, -0.15) is 0 Å². The number of aromatic hydroxyl groups is 1. The number of hydrogen-bond acceptors (Lipinski definition) is 4. The highest BCUT2D eigenvalue weighted by molar-refractivity contribution is 7.80. The van der Waals surface area contributed by atoms with Gasteiger partial charge in [0.15, 0.2) is 16.6 Å². The minimum atomic E-state index is -0.229. The number of phenols is 1. The van der Waals surface area contributed by atoms with Crippen molar-refractivity contribution in [1.29, 1.82) is 0 Å². The highest BCUT2D eigenvalue weighted by atomic mass is 35.5. The Kier molecular flexibility index (Phi) is 3.64. The first kappa shape index (κ1) is 13.6. The molecule has 100 valence electrons. The van der Waals surface area contributed by atoms with Crippen molar-refractivity contribution >= 4 is 40.9 Å². The van der Waals surface area contributed by atoms with Crippen molar-refractivity contribution in [2.45, 2.75) is 0 Å². The number of phenolic OH excluding ortho intramolecular Hbond substituents is 1. The van der Waals surface area contributed by atoms with Crippen LogP contribution in [-0.4, -0.2) is 35.2 Å². The lowest BCUT2D eigenvalue weighted by atomic mass is 10.1. The van der Waals surface area contributed by atoms with Crippen molar-refractivity contribution < 1.29 is 14.6 Å². The van der Waals surface area contributed by atoms with Gasteiger partial charge in [-0.15, -0.1) is 0 Å². The van der Waals surface area contributed by atoms with Gasteiger partial charge in [0.2, 0.25) is 0 Å². The fraction of sp³-hybridized carbons (Fsp3) is 0.167. The lowest BCUT2D eigenvalue weighted by Crippen LogP contribution is -2.25. The van der Waals surface area contributed by atoms with Crippen LogP contribution in [0.4, 0.5) is 0 Å². The maximum atomic E-state index is 11.8. The van der Waals surface area contributed by atoms with Crippen LogP contribution in [0.2, 0.25) is 5.02 Å². The van der Waals surface area contributed by atoms with Gasteiger partial charge in [0.05, 0.1) is 12.1 Å². The van der Waals surface area contributed by atoms with Gasteiger partial charge in [-0.25, -0.2) is 0 Å². The summed E-state index contributed by atoms with van der Waals surface area (Å²) < 4.78 is 4.99. The molecule has 0 radical (unpaired) electrons. The normalized spacial score (nSPS) is 17.0. The van der Waals surface area contributed by atoms with Gasteiger partial charge < -0.3 is 15.2 Å². The Balaban J connectivity index is 2.42. The van der Waals surface area contributed by atoms with Crippen LogP contribution < -0.4 is 10.1 Å². The summed E-state index contributed by atoms with van der Waals surface area (Å²) in [7, 11) is 3.01. The fourth-order valence-electron chi connectivity index (χ4n) is 1.62. The largest absolute Gasteiger partial charge is 0.503 e. The van der Waals surface area contributed by atoms with Crippen LogP contribution in [-0.2, 0) is 4.79 Å². The molecule has 1 heterocycles. The molecule has 0 bridgehead atoms. The molecule has 0 saturated carbocycles. The van der Waals surface area contributed by atoms with E-state index in [1.54, 1.807) is 19.2 Å². The first-order valence-electron chi connectivity index (χ1n) is 5.31. The van der Waals surface area contributed by atoms with E-state index < -0.39 is 0 Å². The molecule has 2 rings (SSSR count). The molecule has 0 spiro atoms. The van der Waals surface area contributed by atoms with E-state index in [0.29, 0.717) is 16.4 Å². The lowest BCUT2D eigenvalue weighted by molar-refractivity contribution is -0.121. The van der Waals surface area contributed by atoms with Crippen molar-refractivity contribution in [3.63, 3.8) is 0 Å². The monoisotopic (exact) mass is 298 g/mol. The van der Waals surface area contributed by atoms with E-state index >= 15 is 0 Å². The predicted octanol–water partition coefficient (Wildman–Crippen LogP) is 1.74. The van der Waals surface area contributed by atoms with E-state index in [4.69, 9.17) is 28.6 Å². The van der Waals surface area contributed by atoms with Crippen LogP contribution in [0, 0.1) is 0 Å². The Morgan fingerprint density at radius 2 is 2.21 bits per heavy atom. The highest BCUT2D eigenvalue weighted by Gasteiger charge is 2.27. The molecule has 1 saturated heterocycles. The van der Waals surface area contributed by atoms with Gasteiger partial charge in [-0.05, 0) is 36.0 Å². The Labute approximate surface area is 120 Å². The minimum absolute atomic E-state index is 0.135. The SMILES string of the molecule is COc1cc(/C=C2/NC(=S)N(C)C2=O)cc(Cl)c1O. The maximum Gasteiger partial charge on any atom is 0.276 e. The molecule has 1 aromatic carbocycles. The fourth-order valence-corrected chi connectivity index (χ4v) is 2.03. The van der Waals surface area contributed by atoms with Crippen molar-refractivity contribution in [3.05, 3.63) is 28.4 Å². The molecule has 1 amide bonds. The van der Waals surface area contributed by atoms with E-state index in [2.05, 4.69) is 5.32 Å². The Hall–Kier alpha value is -1.79. The summed E-state index contributed by atoms with van der Waals surface area (Å²) in [5, 5.41) is 12.9. The zero-order chi connectivity index (χ0) is 14.2. The number of carbonyl (C=O) groups is 1. The molecule has 1 aliphatic heterocycles. The second kappa shape index (κ2) is 5.07. The summed E-state index contributed by atoms with van der Waals surface area (Å²) in [6.45, 7) is 0. The summed E-state index contributed by atoms with van der Waals surface area (Å²) in [5.74, 6) is -0.126.